The van der Waals surface area contributed by atoms with Crippen molar-refractivity contribution in [2.24, 2.45) is 7.05 Å². The predicted molar refractivity (Wildman–Crippen MR) is 84.1 cm³/mol. The van der Waals surface area contributed by atoms with E-state index in [9.17, 15) is 0 Å². The fourth-order valence-corrected chi connectivity index (χ4v) is 2.83. The van der Waals surface area contributed by atoms with Gasteiger partial charge in [0.2, 0.25) is 11.3 Å². The minimum atomic E-state index is 0.0525. The van der Waals surface area contributed by atoms with Gasteiger partial charge in [-0.25, -0.2) is 14.6 Å². The SMILES string of the molecule is C[C@H](Nc1nc2nonc2nc1N1CCCC1)c1cnn(C)c1. The van der Waals surface area contributed by atoms with Gasteiger partial charge in [0, 0.05) is 31.9 Å². The summed E-state index contributed by atoms with van der Waals surface area (Å²) in [4.78, 5) is 11.3. The molecule has 0 aromatic carbocycles. The van der Waals surface area contributed by atoms with E-state index in [-0.39, 0.29) is 6.04 Å². The number of anilines is 2. The molecule has 1 aliphatic heterocycles. The highest BCUT2D eigenvalue weighted by Crippen LogP contribution is 2.29. The van der Waals surface area contributed by atoms with E-state index in [0.717, 1.165) is 37.3 Å². The van der Waals surface area contributed by atoms with Gasteiger partial charge in [-0.1, -0.05) is 0 Å². The van der Waals surface area contributed by atoms with Crippen molar-refractivity contribution in [3.05, 3.63) is 18.0 Å². The van der Waals surface area contributed by atoms with Gasteiger partial charge in [0.05, 0.1) is 12.2 Å². The van der Waals surface area contributed by atoms with E-state index in [4.69, 9.17) is 4.63 Å². The lowest BCUT2D eigenvalue weighted by Crippen LogP contribution is -2.22. The van der Waals surface area contributed by atoms with Crippen molar-refractivity contribution in [1.29, 1.82) is 0 Å². The summed E-state index contributed by atoms with van der Waals surface area (Å²) in [6.07, 6.45) is 6.15. The Bertz CT molecular complexity index is 819. The number of hydrogen-bond acceptors (Lipinski definition) is 8. The Morgan fingerprint density at radius 1 is 1.17 bits per heavy atom. The lowest BCUT2D eigenvalue weighted by molar-refractivity contribution is 0.314. The first-order valence-corrected chi connectivity index (χ1v) is 7.71. The van der Waals surface area contributed by atoms with Crippen LogP contribution in [-0.2, 0) is 7.05 Å². The van der Waals surface area contributed by atoms with Crippen LogP contribution in [0.5, 0.6) is 0 Å². The molecule has 9 heteroatoms. The first kappa shape index (κ1) is 13.9. The molecule has 1 atom stereocenters. The summed E-state index contributed by atoms with van der Waals surface area (Å²) in [5.41, 5.74) is 1.93. The van der Waals surface area contributed by atoms with E-state index in [1.807, 2.05) is 19.4 Å². The molecule has 4 rings (SSSR count). The van der Waals surface area contributed by atoms with Crippen molar-refractivity contribution in [3.8, 4) is 0 Å². The van der Waals surface area contributed by atoms with Gasteiger partial charge in [-0.3, -0.25) is 4.68 Å². The van der Waals surface area contributed by atoms with Crippen LogP contribution in [0.25, 0.3) is 11.3 Å². The highest BCUT2D eigenvalue weighted by Gasteiger charge is 2.22. The van der Waals surface area contributed by atoms with E-state index in [1.54, 1.807) is 4.68 Å². The zero-order chi connectivity index (χ0) is 15.8. The molecule has 9 nitrogen and oxygen atoms in total. The van der Waals surface area contributed by atoms with Crippen molar-refractivity contribution < 1.29 is 4.63 Å². The second-order valence-corrected chi connectivity index (χ2v) is 5.81. The Morgan fingerprint density at radius 2 is 1.91 bits per heavy atom. The predicted octanol–water partition coefficient (Wildman–Crippen LogP) is 1.52. The van der Waals surface area contributed by atoms with Crippen LogP contribution in [-0.4, -0.2) is 43.2 Å². The summed E-state index contributed by atoms with van der Waals surface area (Å²) in [5, 5.41) is 15.2. The van der Waals surface area contributed by atoms with E-state index in [2.05, 4.69) is 42.5 Å². The van der Waals surface area contributed by atoms with Crippen LogP contribution in [0.4, 0.5) is 11.6 Å². The Kier molecular flexibility index (Phi) is 3.32. The van der Waals surface area contributed by atoms with E-state index < -0.39 is 0 Å². The quantitative estimate of drug-likeness (QED) is 0.774. The van der Waals surface area contributed by atoms with Gasteiger partial charge in [-0.05, 0) is 30.1 Å². The van der Waals surface area contributed by atoms with Crippen molar-refractivity contribution in [1.82, 2.24) is 30.1 Å². The van der Waals surface area contributed by atoms with Gasteiger partial charge in [0.25, 0.3) is 0 Å². The number of aryl methyl sites for hydroxylation is 1. The zero-order valence-electron chi connectivity index (χ0n) is 13.1. The molecule has 0 bridgehead atoms. The maximum atomic E-state index is 4.75. The number of hydrogen-bond donors (Lipinski definition) is 1. The molecule has 3 aromatic rings. The molecule has 0 aliphatic carbocycles. The molecule has 0 radical (unpaired) electrons. The Morgan fingerprint density at radius 3 is 2.61 bits per heavy atom. The Hall–Kier alpha value is -2.71. The molecule has 0 unspecified atom stereocenters. The van der Waals surface area contributed by atoms with Crippen LogP contribution >= 0.6 is 0 Å². The third-order valence-corrected chi connectivity index (χ3v) is 4.08. The lowest BCUT2D eigenvalue weighted by atomic mass is 10.2. The van der Waals surface area contributed by atoms with Crippen molar-refractivity contribution in [2.45, 2.75) is 25.8 Å². The molecule has 4 heterocycles. The lowest BCUT2D eigenvalue weighted by Gasteiger charge is -2.21. The van der Waals surface area contributed by atoms with Crippen LogP contribution in [0.2, 0.25) is 0 Å². The summed E-state index contributed by atoms with van der Waals surface area (Å²) in [7, 11) is 1.90. The van der Waals surface area contributed by atoms with Crippen molar-refractivity contribution >= 4 is 22.9 Å². The monoisotopic (exact) mass is 314 g/mol. The van der Waals surface area contributed by atoms with Crippen LogP contribution in [0.3, 0.4) is 0 Å². The molecular formula is C14H18N8O. The van der Waals surface area contributed by atoms with Crippen LogP contribution in [0.1, 0.15) is 31.4 Å². The van der Waals surface area contributed by atoms with Crippen molar-refractivity contribution in [3.63, 3.8) is 0 Å². The molecular weight excluding hydrogens is 296 g/mol. The third-order valence-electron chi connectivity index (χ3n) is 4.08. The number of aromatic nitrogens is 6. The fourth-order valence-electron chi connectivity index (χ4n) is 2.83. The maximum absolute atomic E-state index is 4.75. The normalized spacial score (nSPS) is 16.2. The summed E-state index contributed by atoms with van der Waals surface area (Å²) >= 11 is 0. The second kappa shape index (κ2) is 5.49. The Labute approximate surface area is 132 Å². The number of fused-ring (bicyclic) bond motifs is 1. The van der Waals surface area contributed by atoms with Crippen LogP contribution in [0, 0.1) is 0 Å². The average molecular weight is 314 g/mol. The average Bonchev–Trinajstić information content (AvgIpc) is 3.27. The topological polar surface area (TPSA) is 97.8 Å². The highest BCUT2D eigenvalue weighted by atomic mass is 16.6. The summed E-state index contributed by atoms with van der Waals surface area (Å²) < 4.78 is 6.53. The maximum Gasteiger partial charge on any atom is 0.245 e. The Balaban J connectivity index is 1.70. The highest BCUT2D eigenvalue weighted by molar-refractivity contribution is 5.74. The minimum absolute atomic E-state index is 0.0525. The minimum Gasteiger partial charge on any atom is -0.360 e. The molecule has 23 heavy (non-hydrogen) atoms. The largest absolute Gasteiger partial charge is 0.360 e. The first-order chi connectivity index (χ1) is 11.2. The van der Waals surface area contributed by atoms with Gasteiger partial charge >= 0.3 is 0 Å². The molecule has 0 saturated carbocycles. The van der Waals surface area contributed by atoms with Gasteiger partial charge in [0.15, 0.2) is 11.6 Å². The smallest absolute Gasteiger partial charge is 0.245 e. The third kappa shape index (κ3) is 2.58. The fraction of sp³-hybridized carbons (Fsp3) is 0.500. The number of nitrogens with one attached hydrogen (secondary N) is 1. The molecule has 1 saturated heterocycles. The number of rotatable bonds is 4. The zero-order valence-corrected chi connectivity index (χ0v) is 13.1. The first-order valence-electron chi connectivity index (χ1n) is 7.71. The van der Waals surface area contributed by atoms with Gasteiger partial charge < -0.3 is 10.2 Å². The van der Waals surface area contributed by atoms with Crippen LogP contribution < -0.4 is 10.2 Å². The van der Waals surface area contributed by atoms with Gasteiger partial charge in [-0.15, -0.1) is 0 Å². The van der Waals surface area contributed by atoms with E-state index in [1.165, 1.54) is 0 Å². The van der Waals surface area contributed by atoms with Gasteiger partial charge in [0.1, 0.15) is 0 Å². The summed E-state index contributed by atoms with van der Waals surface area (Å²) in [6.45, 7) is 4.01. The van der Waals surface area contributed by atoms with E-state index >= 15 is 0 Å². The molecule has 1 N–H and O–H groups in total. The molecule has 120 valence electrons. The molecule has 1 fully saturated rings. The molecule has 1 aliphatic rings. The standard InChI is InChI=1S/C14H18N8O/c1-9(10-7-15-21(2)8-10)16-13-14(22-5-3-4-6-22)18-12-11(17-13)19-23-20-12/h7-9H,3-6H2,1-2H3,(H,16,17,19)/t9-/m0/s1. The van der Waals surface area contributed by atoms with Crippen LogP contribution in [0.15, 0.2) is 17.0 Å². The second-order valence-electron chi connectivity index (χ2n) is 5.81. The summed E-state index contributed by atoms with van der Waals surface area (Å²) in [6, 6.07) is 0.0525. The molecule has 3 aromatic heterocycles. The van der Waals surface area contributed by atoms with Gasteiger partial charge in [-0.2, -0.15) is 5.10 Å². The molecule has 0 spiro atoms. The number of nitrogens with zero attached hydrogens (tertiary/aromatic N) is 7. The van der Waals surface area contributed by atoms with E-state index in [0.29, 0.717) is 17.1 Å². The summed E-state index contributed by atoms with van der Waals surface area (Å²) in [5.74, 6) is 1.51. The van der Waals surface area contributed by atoms with Crippen molar-refractivity contribution in [2.75, 3.05) is 23.3 Å². The molecule has 0 amide bonds.